The van der Waals surface area contributed by atoms with Gasteiger partial charge < -0.3 is 14.4 Å². The summed E-state index contributed by atoms with van der Waals surface area (Å²) in [5.74, 6) is 0.568. The number of hydrogen-bond acceptors (Lipinski definition) is 6. The molecule has 5 nitrogen and oxygen atoms in total. The van der Waals surface area contributed by atoms with Gasteiger partial charge in [-0.15, -0.1) is 11.3 Å². The quantitative estimate of drug-likeness (QED) is 0.350. The molecular weight excluding hydrogens is 535 g/mol. The van der Waals surface area contributed by atoms with E-state index >= 15 is 0 Å². The van der Waals surface area contributed by atoms with Gasteiger partial charge in [0.25, 0.3) is 0 Å². The van der Waals surface area contributed by atoms with Crippen molar-refractivity contribution in [2.75, 3.05) is 25.1 Å². The second kappa shape index (κ2) is 10.6. The Morgan fingerprint density at radius 2 is 1.77 bits per heavy atom. The first kappa shape index (κ1) is 27.6. The maximum Gasteiger partial charge on any atom is 0.432 e. The predicted molar refractivity (Wildman–Crippen MR) is 151 cm³/mol. The van der Waals surface area contributed by atoms with E-state index in [9.17, 15) is 23.7 Å². The van der Waals surface area contributed by atoms with Crippen LogP contribution in [0.25, 0.3) is 18.2 Å². The molecule has 0 fully saturated rings. The van der Waals surface area contributed by atoms with Crippen molar-refractivity contribution in [3.63, 3.8) is 0 Å². The minimum Gasteiger partial charge on any atom is -0.496 e. The maximum absolute atomic E-state index is 14.1. The van der Waals surface area contributed by atoms with Gasteiger partial charge in [0.1, 0.15) is 17.4 Å². The van der Waals surface area contributed by atoms with Crippen LogP contribution in [0.2, 0.25) is 0 Å². The Hall–Kier alpha value is -3.95. The average Bonchev–Trinajstić information content (AvgIpc) is 3.52. The number of benzene rings is 1. The molecule has 4 heterocycles. The molecule has 2 aromatic rings. The highest BCUT2D eigenvalue weighted by Crippen LogP contribution is 2.49. The summed E-state index contributed by atoms with van der Waals surface area (Å²) in [5, 5.41) is 18.9. The minimum atomic E-state index is -4.79. The molecule has 0 saturated carbocycles. The molecule has 0 amide bonds. The lowest BCUT2D eigenvalue weighted by Crippen LogP contribution is -2.43. The molecule has 0 radical (unpaired) electrons. The van der Waals surface area contributed by atoms with Crippen LogP contribution in [0.1, 0.15) is 53.1 Å². The van der Waals surface area contributed by atoms with E-state index < -0.39 is 11.8 Å². The van der Waals surface area contributed by atoms with Crippen LogP contribution >= 0.6 is 11.3 Å². The molecule has 3 aliphatic rings. The zero-order chi connectivity index (χ0) is 28.7. The van der Waals surface area contributed by atoms with Crippen LogP contribution in [0.15, 0.2) is 46.8 Å². The highest BCUT2D eigenvalue weighted by molar-refractivity contribution is 7.13. The molecule has 0 bridgehead atoms. The van der Waals surface area contributed by atoms with E-state index in [2.05, 4.69) is 11.0 Å². The van der Waals surface area contributed by atoms with Crippen molar-refractivity contribution in [1.29, 1.82) is 10.5 Å². The van der Waals surface area contributed by atoms with Gasteiger partial charge in [-0.05, 0) is 81.5 Å². The van der Waals surface area contributed by atoms with Gasteiger partial charge in [-0.1, -0.05) is 6.08 Å². The number of allylic oxidation sites excluding steroid dienone is 2. The van der Waals surface area contributed by atoms with Gasteiger partial charge in [0.2, 0.25) is 5.60 Å². The molecule has 0 N–H and O–H groups in total. The monoisotopic (exact) mass is 563 g/mol. The summed E-state index contributed by atoms with van der Waals surface area (Å²) in [7, 11) is 1.70. The van der Waals surface area contributed by atoms with Crippen LogP contribution < -0.4 is 9.64 Å². The minimum absolute atomic E-state index is 0.0848. The smallest absolute Gasteiger partial charge is 0.432 e. The lowest BCUT2D eigenvalue weighted by atomic mass is 9.89. The Morgan fingerprint density at radius 3 is 2.40 bits per heavy atom. The first-order valence-electron chi connectivity index (χ1n) is 13.1. The zero-order valence-corrected chi connectivity index (χ0v) is 23.3. The second-order valence-electron chi connectivity index (χ2n) is 10.2. The average molecular weight is 564 g/mol. The first-order valence-corrected chi connectivity index (χ1v) is 13.9. The predicted octanol–water partition coefficient (Wildman–Crippen LogP) is 7.61. The third-order valence-corrected chi connectivity index (χ3v) is 8.69. The van der Waals surface area contributed by atoms with Gasteiger partial charge in [0.15, 0.2) is 5.76 Å². The number of halogens is 3. The summed E-state index contributed by atoms with van der Waals surface area (Å²) >= 11 is 1.41. The number of nitriles is 2. The molecule has 3 aliphatic heterocycles. The standard InChI is InChI=1S/C31H28F3N3O2S/c1-19(17-35)28-25(18-36)26(30(2,39-28)31(32,33)34)13-12-23-11-10-22(40-23)9-8-21-16-20-6-4-14-37-15-5-7-24(27(20)37)29(21)38-3/h8-13,16H,4-7,14-15H2,1-3H3/b9-8+,13-12+,28-19+. The van der Waals surface area contributed by atoms with Crippen molar-refractivity contribution >= 4 is 35.3 Å². The number of hydrogen-bond donors (Lipinski definition) is 0. The van der Waals surface area contributed by atoms with E-state index in [1.165, 1.54) is 41.2 Å². The van der Waals surface area contributed by atoms with Crippen molar-refractivity contribution in [2.24, 2.45) is 0 Å². The molecule has 1 aromatic heterocycles. The van der Waals surface area contributed by atoms with E-state index in [1.54, 1.807) is 25.3 Å². The van der Waals surface area contributed by atoms with Gasteiger partial charge in [-0.3, -0.25) is 0 Å². The number of methoxy groups -OCH3 is 1. The molecule has 5 rings (SSSR count). The Labute approximate surface area is 235 Å². The third-order valence-electron chi connectivity index (χ3n) is 7.67. The van der Waals surface area contributed by atoms with Gasteiger partial charge in [-0.2, -0.15) is 23.7 Å². The number of rotatable bonds is 5. The Balaban J connectivity index is 1.45. The van der Waals surface area contributed by atoms with Crippen molar-refractivity contribution in [1.82, 2.24) is 0 Å². The highest BCUT2D eigenvalue weighted by atomic mass is 32.1. The summed E-state index contributed by atoms with van der Waals surface area (Å²) in [6.07, 6.45) is 6.32. The van der Waals surface area contributed by atoms with Crippen LogP contribution in [0, 0.1) is 22.7 Å². The van der Waals surface area contributed by atoms with E-state index in [1.807, 2.05) is 24.3 Å². The van der Waals surface area contributed by atoms with Crippen LogP contribution in [0.5, 0.6) is 5.75 Å². The summed E-state index contributed by atoms with van der Waals surface area (Å²) in [6.45, 7) is 4.38. The van der Waals surface area contributed by atoms with Crippen molar-refractivity contribution in [3.05, 3.63) is 73.2 Å². The van der Waals surface area contributed by atoms with Crippen LogP contribution in [0.3, 0.4) is 0 Å². The summed E-state index contributed by atoms with van der Waals surface area (Å²) in [6, 6.07) is 9.52. The number of alkyl halides is 3. The van der Waals surface area contributed by atoms with E-state index in [-0.39, 0.29) is 22.5 Å². The topological polar surface area (TPSA) is 69.3 Å². The van der Waals surface area contributed by atoms with Crippen LogP contribution in [0.4, 0.5) is 18.9 Å². The molecule has 40 heavy (non-hydrogen) atoms. The Morgan fingerprint density at radius 1 is 1.10 bits per heavy atom. The normalized spacial score (nSPS) is 21.9. The van der Waals surface area contributed by atoms with Crippen molar-refractivity contribution in [2.45, 2.75) is 51.3 Å². The number of aryl methyl sites for hydroxylation is 1. The Bertz CT molecular complexity index is 1560. The lowest BCUT2D eigenvalue weighted by molar-refractivity contribution is -0.236. The van der Waals surface area contributed by atoms with E-state index in [0.29, 0.717) is 4.88 Å². The molecule has 1 unspecified atom stereocenters. The third kappa shape index (κ3) is 4.69. The van der Waals surface area contributed by atoms with Crippen LogP contribution in [-0.2, 0) is 17.6 Å². The fraction of sp³-hybridized carbons (Fsp3) is 0.355. The zero-order valence-electron chi connectivity index (χ0n) is 22.5. The van der Waals surface area contributed by atoms with Gasteiger partial charge in [-0.25, -0.2) is 0 Å². The first-order chi connectivity index (χ1) is 19.1. The summed E-state index contributed by atoms with van der Waals surface area (Å²) < 4.78 is 53.2. The van der Waals surface area contributed by atoms with Crippen molar-refractivity contribution in [3.8, 4) is 17.9 Å². The summed E-state index contributed by atoms with van der Waals surface area (Å²) in [5.41, 5.74) is 1.56. The molecule has 1 aromatic carbocycles. The SMILES string of the molecule is COc1c(/C=C/c2ccc(/C=C/C3=C(C#N)C(=C(/C)C#N)/OC3(C)C(F)(F)F)s2)cc2c3c1CCCN3CCC2. The largest absolute Gasteiger partial charge is 0.496 e. The molecule has 206 valence electrons. The van der Waals surface area contributed by atoms with E-state index in [0.717, 1.165) is 61.9 Å². The fourth-order valence-corrected chi connectivity index (χ4v) is 6.47. The highest BCUT2D eigenvalue weighted by Gasteiger charge is 2.60. The van der Waals surface area contributed by atoms with Crippen LogP contribution in [-0.4, -0.2) is 32.0 Å². The summed E-state index contributed by atoms with van der Waals surface area (Å²) in [4.78, 5) is 4.11. The molecule has 0 spiro atoms. The molecule has 9 heteroatoms. The van der Waals surface area contributed by atoms with Gasteiger partial charge in [0.05, 0.1) is 18.8 Å². The number of nitrogens with zero attached hydrogens (tertiary/aromatic N) is 3. The molecule has 0 saturated heterocycles. The number of thiophene rings is 1. The maximum atomic E-state index is 14.1. The van der Waals surface area contributed by atoms with E-state index in [4.69, 9.17) is 9.47 Å². The number of anilines is 1. The van der Waals surface area contributed by atoms with Gasteiger partial charge in [0, 0.05) is 45.2 Å². The number of ether oxygens (including phenoxy) is 2. The van der Waals surface area contributed by atoms with Gasteiger partial charge >= 0.3 is 6.18 Å². The lowest BCUT2D eigenvalue weighted by Gasteiger charge is -2.38. The molecule has 1 atom stereocenters. The molecule has 0 aliphatic carbocycles. The second-order valence-corrected chi connectivity index (χ2v) is 11.3. The fourth-order valence-electron chi connectivity index (χ4n) is 5.66. The molecular formula is C31H28F3N3O2S. The van der Waals surface area contributed by atoms with Crippen molar-refractivity contribution < 1.29 is 22.6 Å². The Kier molecular flexibility index (Phi) is 7.29.